The maximum atomic E-state index is 13.6. The summed E-state index contributed by atoms with van der Waals surface area (Å²) in [6.07, 6.45) is 6.00. The normalized spacial score (nSPS) is 13.2. The molecule has 1 aromatic carbocycles. The fraction of sp³-hybridized carbons (Fsp3) is 0.333. The van der Waals surface area contributed by atoms with E-state index >= 15 is 0 Å². The van der Waals surface area contributed by atoms with Crippen molar-refractivity contribution in [3.8, 4) is 23.7 Å². The molecule has 0 bridgehead atoms. The summed E-state index contributed by atoms with van der Waals surface area (Å²) < 4.78 is 13.6. The van der Waals surface area contributed by atoms with Gasteiger partial charge in [-0.15, -0.1) is 16.6 Å². The van der Waals surface area contributed by atoms with E-state index in [4.69, 9.17) is 6.42 Å². The Bertz CT molecular complexity index is 721. The molecule has 1 atom stereocenters. The Hall–Kier alpha value is -2.75. The molecule has 0 aliphatic rings. The Morgan fingerprint density at radius 1 is 1.50 bits per heavy atom. The van der Waals surface area contributed by atoms with E-state index in [0.717, 1.165) is 4.80 Å². The largest absolute Gasteiger partial charge is 0.338 e. The average Bonchev–Trinajstić information content (AvgIpc) is 2.95. The van der Waals surface area contributed by atoms with E-state index in [1.165, 1.54) is 6.07 Å². The Kier molecular flexibility index (Phi) is 4.51. The monoisotopic (exact) mass is 301 g/mol. The summed E-state index contributed by atoms with van der Waals surface area (Å²) in [6, 6.07) is 6.10. The fourth-order valence-corrected chi connectivity index (χ4v) is 1.76. The number of benzene rings is 1. The van der Waals surface area contributed by atoms with E-state index < -0.39 is 11.4 Å². The Morgan fingerprint density at radius 3 is 2.86 bits per heavy atom. The summed E-state index contributed by atoms with van der Waals surface area (Å²) in [5.74, 6) is 1.88. The number of halogens is 1. The average molecular weight is 301 g/mol. The van der Waals surface area contributed by atoms with Gasteiger partial charge in [-0.25, -0.2) is 4.39 Å². The van der Waals surface area contributed by atoms with E-state index in [0.29, 0.717) is 6.42 Å². The summed E-state index contributed by atoms with van der Waals surface area (Å²) in [5.41, 5.74) is -0.484. The zero-order valence-corrected chi connectivity index (χ0v) is 12.4. The standard InChI is InChI=1S/C15H16FN5O/c1-4-15(3,5-2)17-13(22)10-21-19-14(18-20-21)11-8-6-7-9-12(11)16/h1,6-9H,5,10H2,2-3H3,(H,17,22). The van der Waals surface area contributed by atoms with Crippen LogP contribution in [0.1, 0.15) is 20.3 Å². The fourth-order valence-electron chi connectivity index (χ4n) is 1.76. The molecule has 1 heterocycles. The minimum atomic E-state index is -0.716. The van der Waals surface area contributed by atoms with Crippen LogP contribution in [0.5, 0.6) is 0 Å². The molecule has 7 heteroatoms. The molecule has 22 heavy (non-hydrogen) atoms. The van der Waals surface area contributed by atoms with E-state index in [2.05, 4.69) is 26.6 Å². The highest BCUT2D eigenvalue weighted by molar-refractivity contribution is 5.77. The van der Waals surface area contributed by atoms with Gasteiger partial charge in [-0.2, -0.15) is 4.80 Å². The van der Waals surface area contributed by atoms with Crippen molar-refractivity contribution in [2.45, 2.75) is 32.4 Å². The van der Waals surface area contributed by atoms with Crippen molar-refractivity contribution < 1.29 is 9.18 Å². The van der Waals surface area contributed by atoms with Crippen molar-refractivity contribution in [3.63, 3.8) is 0 Å². The summed E-state index contributed by atoms with van der Waals surface area (Å²) >= 11 is 0. The van der Waals surface area contributed by atoms with Crippen LogP contribution in [0.4, 0.5) is 4.39 Å². The highest BCUT2D eigenvalue weighted by Crippen LogP contribution is 2.17. The van der Waals surface area contributed by atoms with Gasteiger partial charge in [-0.05, 0) is 30.7 Å². The third kappa shape index (κ3) is 3.47. The zero-order valence-electron chi connectivity index (χ0n) is 12.4. The van der Waals surface area contributed by atoms with E-state index in [-0.39, 0.29) is 23.8 Å². The first-order chi connectivity index (χ1) is 10.5. The second-order valence-electron chi connectivity index (χ2n) is 5.00. The van der Waals surface area contributed by atoms with Crippen LogP contribution in [0, 0.1) is 18.2 Å². The van der Waals surface area contributed by atoms with Gasteiger partial charge < -0.3 is 5.32 Å². The molecule has 2 rings (SSSR count). The van der Waals surface area contributed by atoms with Crippen molar-refractivity contribution >= 4 is 5.91 Å². The minimum absolute atomic E-state index is 0.126. The van der Waals surface area contributed by atoms with Gasteiger partial charge in [0.1, 0.15) is 12.4 Å². The van der Waals surface area contributed by atoms with Crippen molar-refractivity contribution in [2.75, 3.05) is 0 Å². The molecule has 6 nitrogen and oxygen atoms in total. The van der Waals surface area contributed by atoms with Gasteiger partial charge in [0.05, 0.1) is 11.1 Å². The van der Waals surface area contributed by atoms with Gasteiger partial charge in [-0.3, -0.25) is 4.79 Å². The molecule has 0 fully saturated rings. The molecule has 1 aromatic heterocycles. The molecule has 0 spiro atoms. The summed E-state index contributed by atoms with van der Waals surface area (Å²) in [7, 11) is 0. The number of tetrazole rings is 1. The molecule has 1 unspecified atom stereocenters. The SMILES string of the molecule is C#CC(C)(CC)NC(=O)Cn1nnc(-c2ccccc2F)n1. The van der Waals surface area contributed by atoms with Crippen LogP contribution in [0.3, 0.4) is 0 Å². The lowest BCUT2D eigenvalue weighted by Gasteiger charge is -2.22. The smallest absolute Gasteiger partial charge is 0.244 e. The van der Waals surface area contributed by atoms with Gasteiger partial charge in [-0.1, -0.05) is 25.0 Å². The van der Waals surface area contributed by atoms with Crippen LogP contribution in [0.2, 0.25) is 0 Å². The van der Waals surface area contributed by atoms with Crippen LogP contribution in [0.25, 0.3) is 11.4 Å². The number of hydrogen-bond acceptors (Lipinski definition) is 4. The number of hydrogen-bond donors (Lipinski definition) is 1. The van der Waals surface area contributed by atoms with Crippen LogP contribution in [-0.2, 0) is 11.3 Å². The second-order valence-corrected chi connectivity index (χ2v) is 5.00. The number of nitrogens with zero attached hydrogens (tertiary/aromatic N) is 4. The number of carbonyl (C=O) groups excluding carboxylic acids is 1. The number of aromatic nitrogens is 4. The zero-order chi connectivity index (χ0) is 16.2. The molecule has 0 aliphatic heterocycles. The lowest BCUT2D eigenvalue weighted by molar-refractivity contribution is -0.123. The lowest BCUT2D eigenvalue weighted by atomic mass is 10.0. The third-order valence-corrected chi connectivity index (χ3v) is 3.29. The first kappa shape index (κ1) is 15.6. The molecule has 0 aliphatic carbocycles. The number of terminal acetylenes is 1. The van der Waals surface area contributed by atoms with Gasteiger partial charge in [0, 0.05) is 0 Å². The van der Waals surface area contributed by atoms with Crippen molar-refractivity contribution in [1.29, 1.82) is 0 Å². The third-order valence-electron chi connectivity index (χ3n) is 3.29. The highest BCUT2D eigenvalue weighted by Gasteiger charge is 2.22. The predicted molar refractivity (Wildman–Crippen MR) is 78.9 cm³/mol. The van der Waals surface area contributed by atoms with Crippen LogP contribution < -0.4 is 5.32 Å². The quantitative estimate of drug-likeness (QED) is 0.847. The van der Waals surface area contributed by atoms with E-state index in [1.54, 1.807) is 25.1 Å². The first-order valence-corrected chi connectivity index (χ1v) is 6.79. The topological polar surface area (TPSA) is 72.7 Å². The number of rotatable bonds is 5. The molecule has 2 aromatic rings. The highest BCUT2D eigenvalue weighted by atomic mass is 19.1. The van der Waals surface area contributed by atoms with Crippen molar-refractivity contribution in [1.82, 2.24) is 25.5 Å². The van der Waals surface area contributed by atoms with Gasteiger partial charge in [0.15, 0.2) is 0 Å². The second kappa shape index (κ2) is 6.35. The number of amides is 1. The summed E-state index contributed by atoms with van der Waals surface area (Å²) in [6.45, 7) is 3.49. The molecule has 0 radical (unpaired) electrons. The Morgan fingerprint density at radius 2 is 2.23 bits per heavy atom. The maximum absolute atomic E-state index is 13.6. The minimum Gasteiger partial charge on any atom is -0.338 e. The van der Waals surface area contributed by atoms with Gasteiger partial charge in [0.25, 0.3) is 0 Å². The van der Waals surface area contributed by atoms with E-state index in [1.807, 2.05) is 6.92 Å². The van der Waals surface area contributed by atoms with Crippen molar-refractivity contribution in [3.05, 3.63) is 30.1 Å². The Balaban J connectivity index is 2.09. The van der Waals surface area contributed by atoms with Gasteiger partial charge in [0.2, 0.25) is 11.7 Å². The number of carbonyl (C=O) groups is 1. The molecule has 1 amide bonds. The maximum Gasteiger partial charge on any atom is 0.244 e. The molecule has 0 saturated carbocycles. The summed E-state index contributed by atoms with van der Waals surface area (Å²) in [5, 5.41) is 14.2. The molecular weight excluding hydrogens is 285 g/mol. The molecule has 0 saturated heterocycles. The van der Waals surface area contributed by atoms with Gasteiger partial charge >= 0.3 is 0 Å². The molecule has 114 valence electrons. The first-order valence-electron chi connectivity index (χ1n) is 6.79. The summed E-state index contributed by atoms with van der Waals surface area (Å²) in [4.78, 5) is 13.1. The molecular formula is C15H16FN5O. The van der Waals surface area contributed by atoms with Crippen LogP contribution in [0.15, 0.2) is 24.3 Å². The number of nitrogens with one attached hydrogen (secondary N) is 1. The lowest BCUT2D eigenvalue weighted by Crippen LogP contribution is -2.45. The van der Waals surface area contributed by atoms with Crippen molar-refractivity contribution in [2.24, 2.45) is 0 Å². The molecule has 1 N–H and O–H groups in total. The van der Waals surface area contributed by atoms with Crippen LogP contribution in [-0.4, -0.2) is 31.7 Å². The predicted octanol–water partition coefficient (Wildman–Crippen LogP) is 1.40. The van der Waals surface area contributed by atoms with E-state index in [9.17, 15) is 9.18 Å². The Labute approximate surface area is 127 Å². The van der Waals surface area contributed by atoms with Crippen LogP contribution >= 0.6 is 0 Å².